The van der Waals surface area contributed by atoms with Crippen LogP contribution in [0.25, 0.3) is 0 Å². The normalized spacial score (nSPS) is 48.7. The Bertz CT molecular complexity index is 2530. The zero-order chi connectivity index (χ0) is 58.8. The summed E-state index contributed by atoms with van der Waals surface area (Å²) >= 11 is 0. The van der Waals surface area contributed by atoms with Gasteiger partial charge in [-0.05, 0) is 250 Å². The van der Waals surface area contributed by atoms with E-state index >= 15 is 0 Å². The largest absolute Gasteiger partial charge is 0.462 e. The molecular formula is C71H104O13. The number of esters is 2. The van der Waals surface area contributed by atoms with Gasteiger partial charge in [0, 0.05) is 38.9 Å². The summed E-state index contributed by atoms with van der Waals surface area (Å²) < 4.78 is 35.9. The third-order valence-corrected chi connectivity index (χ3v) is 27.0. The first-order chi connectivity index (χ1) is 40.4. The standard InChI is InChI=1S/C29H44O5.C23H32O5.C19H28O3/c1-28-14-13-24-22(23(28)10-11-25(28)34-27-7-3-5-17-32-27)9-8-20-18-21(12-15-29(20,24)19-30)33-26-6-2-4-16-31-26;1-14(25)27-17-8-11-23(13-24)16(12-17)4-5-18-19-6-7-21(28-15(2)26)22(19,3)10-9-20(18)23;1-18-8-7-16-14(15(18)4-5-17(18)22)3-2-12-10-13(21)6-9-19(12,16)11-20/h8,19,21-27H,2-7,9-18H2,1H3;4,13,17-21H,5-12H2,1-3H3;2,11,13-17,21-22H,3-10H2,1H3/t21-,22?,23?,24?,25-,26?,27?,28-,29+;17-,18?,19?,20?,21-,22-,23+;13-,14?,15?,16?,17-,18-,19+/m000/s1. The average molecular weight is 1170 g/mol. The van der Waals surface area contributed by atoms with Gasteiger partial charge in [-0.1, -0.05) is 55.7 Å². The van der Waals surface area contributed by atoms with Crippen LogP contribution in [0.15, 0.2) is 34.9 Å². The Morgan fingerprint density at radius 3 is 1.42 bits per heavy atom. The monoisotopic (exact) mass is 1160 g/mol. The van der Waals surface area contributed by atoms with Crippen LogP contribution in [0.5, 0.6) is 0 Å². The van der Waals surface area contributed by atoms with Crippen LogP contribution in [0.2, 0.25) is 0 Å². The summed E-state index contributed by atoms with van der Waals surface area (Å²) in [4.78, 5) is 60.4. The molecule has 0 radical (unpaired) electrons. The van der Waals surface area contributed by atoms with E-state index in [1.807, 2.05) is 0 Å². The number of rotatable bonds is 9. The molecule has 0 aromatic rings. The van der Waals surface area contributed by atoms with Crippen LogP contribution in [0.3, 0.4) is 0 Å². The van der Waals surface area contributed by atoms with Crippen molar-refractivity contribution in [1.82, 2.24) is 0 Å². The van der Waals surface area contributed by atoms with Crippen LogP contribution < -0.4 is 0 Å². The van der Waals surface area contributed by atoms with E-state index in [0.29, 0.717) is 72.2 Å². The highest BCUT2D eigenvalue weighted by molar-refractivity contribution is 5.70. The summed E-state index contributed by atoms with van der Waals surface area (Å²) in [6.07, 6.45) is 40.8. The number of fused-ring (bicyclic) bond motifs is 15. The third-order valence-electron chi connectivity index (χ3n) is 27.0. The highest BCUT2D eigenvalue weighted by Crippen LogP contribution is 2.68. The second-order valence-electron chi connectivity index (χ2n) is 30.6. The molecule has 0 spiro atoms. The second kappa shape index (κ2) is 24.4. The number of carbonyl (C=O) groups is 5. The summed E-state index contributed by atoms with van der Waals surface area (Å²) in [7, 11) is 0. The zero-order valence-corrected chi connectivity index (χ0v) is 51.8. The minimum atomic E-state index is -0.388. The highest BCUT2D eigenvalue weighted by atomic mass is 16.7. The molecular weight excluding hydrogens is 1060 g/mol. The van der Waals surface area contributed by atoms with Gasteiger partial charge in [0.2, 0.25) is 0 Å². The molecule has 0 amide bonds. The van der Waals surface area contributed by atoms with Gasteiger partial charge in [-0.2, -0.15) is 0 Å². The van der Waals surface area contributed by atoms with E-state index in [2.05, 4.69) is 39.0 Å². The lowest BCUT2D eigenvalue weighted by Crippen LogP contribution is -2.53. The molecule has 12 aliphatic carbocycles. The van der Waals surface area contributed by atoms with E-state index < -0.39 is 0 Å². The summed E-state index contributed by atoms with van der Waals surface area (Å²) in [5, 5.41) is 20.4. The van der Waals surface area contributed by atoms with Crippen molar-refractivity contribution in [2.75, 3.05) is 13.2 Å². The Hall–Kier alpha value is -3.07. The molecule has 14 rings (SSSR count). The number of ether oxygens (including phenoxy) is 6. The van der Waals surface area contributed by atoms with Crippen LogP contribution >= 0.6 is 0 Å². The van der Waals surface area contributed by atoms with E-state index in [-0.39, 0.29) is 87.5 Å². The topological polar surface area (TPSA) is 181 Å². The minimum absolute atomic E-state index is 0.00496. The molecule has 2 aliphatic heterocycles. The van der Waals surface area contributed by atoms with E-state index in [1.165, 1.54) is 75.1 Å². The molecule has 466 valence electrons. The average Bonchev–Trinajstić information content (AvgIpc) is 1.45. The quantitative estimate of drug-likeness (QED) is 0.127. The van der Waals surface area contributed by atoms with Gasteiger partial charge in [0.15, 0.2) is 12.6 Å². The summed E-state index contributed by atoms with van der Waals surface area (Å²) in [5.74, 6) is 4.17. The van der Waals surface area contributed by atoms with E-state index in [0.717, 1.165) is 167 Å². The maximum atomic E-state index is 12.8. The molecule has 11 unspecified atom stereocenters. The molecule has 2 saturated heterocycles. The van der Waals surface area contributed by atoms with Gasteiger partial charge in [-0.3, -0.25) is 9.59 Å². The van der Waals surface area contributed by atoms with Crippen LogP contribution in [-0.2, 0) is 52.4 Å². The molecule has 11 fully saturated rings. The van der Waals surface area contributed by atoms with Crippen molar-refractivity contribution in [3.8, 4) is 0 Å². The van der Waals surface area contributed by atoms with Crippen LogP contribution in [0.4, 0.5) is 0 Å². The molecule has 84 heavy (non-hydrogen) atoms. The Labute approximate surface area is 501 Å². The highest BCUT2D eigenvalue weighted by Gasteiger charge is 2.64. The molecule has 13 nitrogen and oxygen atoms in total. The number of hydrogen-bond donors (Lipinski definition) is 2. The van der Waals surface area contributed by atoms with Crippen LogP contribution in [-0.4, -0.2) is 103 Å². The molecule has 0 aromatic carbocycles. The van der Waals surface area contributed by atoms with Gasteiger partial charge < -0.3 is 53.0 Å². The molecule has 0 aromatic heterocycles. The van der Waals surface area contributed by atoms with E-state index in [1.54, 1.807) is 0 Å². The second-order valence-corrected chi connectivity index (χ2v) is 30.6. The van der Waals surface area contributed by atoms with Crippen molar-refractivity contribution >= 4 is 30.8 Å². The summed E-state index contributed by atoms with van der Waals surface area (Å²) in [5.41, 5.74) is 3.13. The molecule has 0 bridgehead atoms. The Kier molecular flexibility index (Phi) is 17.8. The van der Waals surface area contributed by atoms with Crippen molar-refractivity contribution in [2.24, 2.45) is 85.8 Å². The van der Waals surface area contributed by atoms with Gasteiger partial charge in [0.25, 0.3) is 0 Å². The molecule has 2 N–H and O–H groups in total. The van der Waals surface area contributed by atoms with Crippen molar-refractivity contribution in [2.45, 2.75) is 276 Å². The van der Waals surface area contributed by atoms with Gasteiger partial charge in [-0.15, -0.1) is 0 Å². The lowest BCUT2D eigenvalue weighted by molar-refractivity contribution is -0.216. The van der Waals surface area contributed by atoms with Gasteiger partial charge in [0.05, 0.1) is 40.7 Å². The molecule has 9 saturated carbocycles. The number of carbonyl (C=O) groups excluding carboxylic acids is 5. The van der Waals surface area contributed by atoms with E-state index in [9.17, 15) is 34.2 Å². The first-order valence-electron chi connectivity index (χ1n) is 34.2. The number of aldehydes is 3. The first kappa shape index (κ1) is 61.2. The summed E-state index contributed by atoms with van der Waals surface area (Å²) in [6, 6.07) is 0. The zero-order valence-electron chi connectivity index (χ0n) is 51.8. The smallest absolute Gasteiger partial charge is 0.302 e. The lowest BCUT2D eigenvalue weighted by atomic mass is 9.47. The maximum Gasteiger partial charge on any atom is 0.302 e. The SMILES string of the molecule is CC(=O)O[C@H]1CC[C@@]2(C=O)C(=CCC3C2CC[C@@]2(C)C3CC[C@@H]2OC(C)=O)C1.C[C@]12CCC3C(CC=C4C[C@@H](O)CC[C@@]43C=O)C1CC[C@@H]2O.C[C@]12CCC3C(CC=C4C[C@@H](OC5CCCCO5)CC[C@@]43C=O)C1CC[C@@H]2OC1CCCCO1. The Morgan fingerprint density at radius 1 is 0.464 bits per heavy atom. The van der Waals surface area contributed by atoms with Gasteiger partial charge >= 0.3 is 11.9 Å². The fourth-order valence-electron chi connectivity index (χ4n) is 22.6. The Morgan fingerprint density at radius 2 is 0.905 bits per heavy atom. The third kappa shape index (κ3) is 10.7. The maximum absolute atomic E-state index is 12.8. The number of hydrogen-bond acceptors (Lipinski definition) is 13. The van der Waals surface area contributed by atoms with Gasteiger partial charge in [-0.25, -0.2) is 0 Å². The predicted molar refractivity (Wildman–Crippen MR) is 316 cm³/mol. The van der Waals surface area contributed by atoms with Crippen molar-refractivity contribution < 1.29 is 62.6 Å². The molecule has 14 aliphatic rings. The van der Waals surface area contributed by atoms with Crippen molar-refractivity contribution in [3.63, 3.8) is 0 Å². The fraction of sp³-hybridized carbons (Fsp3) is 0.845. The fourth-order valence-corrected chi connectivity index (χ4v) is 22.6. The number of allylic oxidation sites excluding steroid dienone is 3. The molecule has 23 atom stereocenters. The molecule has 13 heteroatoms. The van der Waals surface area contributed by atoms with Crippen LogP contribution in [0.1, 0.15) is 227 Å². The first-order valence-corrected chi connectivity index (χ1v) is 34.2. The van der Waals surface area contributed by atoms with Gasteiger partial charge in [0.1, 0.15) is 31.1 Å². The van der Waals surface area contributed by atoms with Crippen molar-refractivity contribution in [3.05, 3.63) is 34.9 Å². The van der Waals surface area contributed by atoms with Crippen LogP contribution in [0, 0.1) is 85.8 Å². The minimum Gasteiger partial charge on any atom is -0.462 e. The predicted octanol–water partition coefficient (Wildman–Crippen LogP) is 12.8. The van der Waals surface area contributed by atoms with Crippen molar-refractivity contribution in [1.29, 1.82) is 0 Å². The summed E-state index contributed by atoms with van der Waals surface area (Å²) in [6.45, 7) is 11.7. The Balaban J connectivity index is 0.000000127. The van der Waals surface area contributed by atoms with E-state index in [4.69, 9.17) is 28.4 Å². The lowest BCUT2D eigenvalue weighted by Gasteiger charge is -2.57. The number of aliphatic hydroxyl groups is 2. The number of aliphatic hydroxyl groups excluding tert-OH is 2. The molecule has 2 heterocycles.